The van der Waals surface area contributed by atoms with E-state index in [-0.39, 0.29) is 23.6 Å². The van der Waals surface area contributed by atoms with Gasteiger partial charge in [0.25, 0.3) is 0 Å². The van der Waals surface area contributed by atoms with Crippen molar-refractivity contribution in [1.29, 1.82) is 0 Å². The van der Waals surface area contributed by atoms with Crippen LogP contribution in [0.5, 0.6) is 5.75 Å². The maximum absolute atomic E-state index is 12.1. The Morgan fingerprint density at radius 3 is 2.81 bits per heavy atom. The van der Waals surface area contributed by atoms with Gasteiger partial charge in [0, 0.05) is 16.5 Å². The highest BCUT2D eigenvalue weighted by Crippen LogP contribution is 2.46. The van der Waals surface area contributed by atoms with E-state index in [1.807, 2.05) is 12.1 Å². The minimum Gasteiger partial charge on any atom is -0.508 e. The summed E-state index contributed by atoms with van der Waals surface area (Å²) >= 11 is 8.33. The number of carbonyl (C=O) groups is 1. The van der Waals surface area contributed by atoms with E-state index >= 15 is 0 Å². The van der Waals surface area contributed by atoms with Crippen LogP contribution in [0.1, 0.15) is 16.4 Å². The number of aromatic nitrogens is 1. The van der Waals surface area contributed by atoms with Crippen LogP contribution in [0.25, 0.3) is 0 Å². The second-order valence-corrected chi connectivity index (χ2v) is 7.47. The molecule has 1 aromatic carbocycles. The molecule has 0 aliphatic carbocycles. The Morgan fingerprint density at radius 2 is 2.14 bits per heavy atom. The van der Waals surface area contributed by atoms with Crippen molar-refractivity contribution in [2.75, 3.05) is 12.9 Å². The van der Waals surface area contributed by atoms with Gasteiger partial charge in [-0.2, -0.15) is 0 Å². The maximum Gasteiger partial charge on any atom is 0.310 e. The number of benzene rings is 1. The van der Waals surface area contributed by atoms with Gasteiger partial charge in [-0.3, -0.25) is 4.79 Å². The van der Waals surface area contributed by atoms with Crippen molar-refractivity contribution in [3.63, 3.8) is 0 Å². The number of hydrogen-bond acceptors (Lipinski definition) is 6. The van der Waals surface area contributed by atoms with E-state index in [9.17, 15) is 9.90 Å². The number of nitrogens with one attached hydrogen (secondary N) is 1. The third-order valence-electron chi connectivity index (χ3n) is 3.49. The summed E-state index contributed by atoms with van der Waals surface area (Å²) in [6.07, 6.45) is 0. The molecule has 2 heterocycles. The molecule has 0 spiro atoms. The average Bonchev–Trinajstić information content (AvgIpc) is 2.86. The molecule has 0 radical (unpaired) electrons. The van der Waals surface area contributed by atoms with Crippen LogP contribution in [0.2, 0.25) is 0 Å². The number of aromatic hydroxyl groups is 1. The smallest absolute Gasteiger partial charge is 0.310 e. The quantitative estimate of drug-likeness (QED) is 0.647. The first-order valence-electron chi connectivity index (χ1n) is 6.32. The fourth-order valence-corrected chi connectivity index (χ4v) is 5.36. The van der Waals surface area contributed by atoms with Crippen molar-refractivity contribution in [1.82, 2.24) is 4.98 Å². The van der Waals surface area contributed by atoms with Crippen molar-refractivity contribution >= 4 is 41.3 Å². The van der Waals surface area contributed by atoms with Gasteiger partial charge >= 0.3 is 5.97 Å². The number of thioether (sulfide) groups is 1. The molecule has 2 aromatic rings. The van der Waals surface area contributed by atoms with Gasteiger partial charge in [-0.25, -0.2) is 0 Å². The van der Waals surface area contributed by atoms with Crippen molar-refractivity contribution < 1.29 is 14.6 Å². The molecule has 110 valence electrons. The Labute approximate surface area is 135 Å². The fourth-order valence-electron chi connectivity index (χ4n) is 2.51. The zero-order chi connectivity index (χ0) is 15.0. The largest absolute Gasteiger partial charge is 0.508 e. The van der Waals surface area contributed by atoms with Gasteiger partial charge in [0.15, 0.2) is 3.95 Å². The minimum atomic E-state index is -0.251. The predicted octanol–water partition coefficient (Wildman–Crippen LogP) is 3.54. The number of fused-ring (bicyclic) bond motifs is 1. The molecule has 1 aliphatic rings. The SMILES string of the molecule is COC(=O)C1CSc2[nH]c(=S)sc2C1c1ccc(O)cc1. The first-order valence-corrected chi connectivity index (χ1v) is 8.53. The molecule has 0 amide bonds. The number of H-pyrrole nitrogens is 1. The van der Waals surface area contributed by atoms with Crippen LogP contribution in [0.4, 0.5) is 0 Å². The molecule has 0 saturated heterocycles. The van der Waals surface area contributed by atoms with E-state index in [4.69, 9.17) is 17.0 Å². The average molecular weight is 339 g/mol. The summed E-state index contributed by atoms with van der Waals surface area (Å²) in [6, 6.07) is 6.96. The van der Waals surface area contributed by atoms with E-state index < -0.39 is 0 Å². The van der Waals surface area contributed by atoms with Crippen LogP contribution in [0, 0.1) is 9.87 Å². The molecule has 1 aromatic heterocycles. The highest BCUT2D eigenvalue weighted by molar-refractivity contribution is 7.99. The summed E-state index contributed by atoms with van der Waals surface area (Å²) in [5.41, 5.74) is 0.981. The number of phenolic OH excluding ortho intramolecular Hbond substituents is 1. The molecule has 4 nitrogen and oxygen atoms in total. The number of hydrogen-bond donors (Lipinski definition) is 2. The Bertz CT molecular complexity index is 720. The summed E-state index contributed by atoms with van der Waals surface area (Å²) in [4.78, 5) is 16.4. The van der Waals surface area contributed by atoms with Crippen molar-refractivity contribution in [3.8, 4) is 5.75 Å². The lowest BCUT2D eigenvalue weighted by molar-refractivity contribution is -0.145. The normalized spacial score (nSPS) is 20.8. The van der Waals surface area contributed by atoms with Gasteiger partial charge in [-0.1, -0.05) is 12.1 Å². The highest BCUT2D eigenvalue weighted by Gasteiger charge is 2.38. The highest BCUT2D eigenvalue weighted by atomic mass is 32.2. The van der Waals surface area contributed by atoms with Gasteiger partial charge in [0.05, 0.1) is 18.1 Å². The molecule has 1 aliphatic heterocycles. The molecular weight excluding hydrogens is 326 g/mol. The third-order valence-corrected chi connectivity index (χ3v) is 6.07. The standard InChI is InChI=1S/C14H13NO3S3/c1-18-13(17)9-6-20-12-11(21-14(19)15-12)10(9)7-2-4-8(16)5-3-7/h2-5,9-10,16H,6H2,1H3,(H,15,19). The summed E-state index contributed by atoms with van der Waals surface area (Å²) in [7, 11) is 1.41. The van der Waals surface area contributed by atoms with Crippen LogP contribution in [0.15, 0.2) is 29.3 Å². The number of phenols is 1. The van der Waals surface area contributed by atoms with Crippen molar-refractivity contribution in [3.05, 3.63) is 38.7 Å². The first kappa shape index (κ1) is 14.6. The van der Waals surface area contributed by atoms with Gasteiger partial charge in [-0.15, -0.1) is 23.1 Å². The van der Waals surface area contributed by atoms with Crippen LogP contribution in [-0.4, -0.2) is 28.9 Å². The number of aromatic amines is 1. The van der Waals surface area contributed by atoms with Crippen LogP contribution >= 0.6 is 35.3 Å². The molecule has 3 rings (SSSR count). The number of thiazole rings is 1. The summed E-state index contributed by atoms with van der Waals surface area (Å²) in [6.45, 7) is 0. The lowest BCUT2D eigenvalue weighted by Gasteiger charge is -2.29. The second kappa shape index (κ2) is 5.82. The number of ether oxygens (including phenoxy) is 1. The van der Waals surface area contributed by atoms with E-state index in [0.29, 0.717) is 9.71 Å². The monoisotopic (exact) mass is 339 g/mol. The lowest BCUT2D eigenvalue weighted by Crippen LogP contribution is -2.29. The van der Waals surface area contributed by atoms with Gasteiger partial charge in [0.1, 0.15) is 5.75 Å². The number of rotatable bonds is 2. The Kier molecular flexibility index (Phi) is 4.05. The molecule has 7 heteroatoms. The van der Waals surface area contributed by atoms with Gasteiger partial charge in [-0.05, 0) is 29.9 Å². The summed E-state index contributed by atoms with van der Waals surface area (Å²) in [5, 5.41) is 10.5. The number of carbonyl (C=O) groups excluding carboxylic acids is 1. The van der Waals surface area contributed by atoms with Crippen LogP contribution in [-0.2, 0) is 9.53 Å². The summed E-state index contributed by atoms with van der Waals surface area (Å²) in [5.74, 6) is 0.296. The van der Waals surface area contributed by atoms with Crippen molar-refractivity contribution in [2.24, 2.45) is 5.92 Å². The Hall–Kier alpha value is -1.31. The number of esters is 1. The first-order chi connectivity index (χ1) is 10.1. The third kappa shape index (κ3) is 2.73. The molecule has 2 N–H and O–H groups in total. The van der Waals surface area contributed by atoms with Crippen LogP contribution in [0.3, 0.4) is 0 Å². The van der Waals surface area contributed by atoms with Crippen LogP contribution < -0.4 is 0 Å². The zero-order valence-electron chi connectivity index (χ0n) is 11.2. The Balaban J connectivity index is 2.11. The van der Waals surface area contributed by atoms with Gasteiger partial charge in [0.2, 0.25) is 0 Å². The molecular formula is C14H13NO3S3. The van der Waals surface area contributed by atoms with E-state index in [0.717, 1.165) is 15.5 Å². The topological polar surface area (TPSA) is 62.3 Å². The molecule has 0 bridgehead atoms. The van der Waals surface area contributed by atoms with Crippen molar-refractivity contribution in [2.45, 2.75) is 10.9 Å². The molecule has 2 atom stereocenters. The molecule has 2 unspecified atom stereocenters. The maximum atomic E-state index is 12.1. The Morgan fingerprint density at radius 1 is 1.43 bits per heavy atom. The molecule has 0 fully saturated rings. The van der Waals surface area contributed by atoms with Gasteiger partial charge < -0.3 is 14.8 Å². The number of methoxy groups -OCH3 is 1. The van der Waals surface area contributed by atoms with E-state index in [1.54, 1.807) is 23.9 Å². The van der Waals surface area contributed by atoms with E-state index in [2.05, 4.69) is 4.98 Å². The van der Waals surface area contributed by atoms with E-state index in [1.165, 1.54) is 18.4 Å². The fraction of sp³-hybridized carbons (Fsp3) is 0.286. The lowest BCUT2D eigenvalue weighted by atomic mass is 9.85. The second-order valence-electron chi connectivity index (χ2n) is 4.72. The minimum absolute atomic E-state index is 0.0905. The predicted molar refractivity (Wildman–Crippen MR) is 85.7 cm³/mol. The zero-order valence-corrected chi connectivity index (χ0v) is 13.6. The molecule has 0 saturated carbocycles. The molecule has 21 heavy (non-hydrogen) atoms. The summed E-state index contributed by atoms with van der Waals surface area (Å²) < 4.78 is 5.66.